The van der Waals surface area contributed by atoms with E-state index in [1.807, 2.05) is 24.3 Å². The monoisotopic (exact) mass is 355 g/mol. The van der Waals surface area contributed by atoms with Crippen molar-refractivity contribution in [3.8, 4) is 17.0 Å². The van der Waals surface area contributed by atoms with E-state index >= 15 is 0 Å². The number of H-pyrrole nitrogens is 1. The van der Waals surface area contributed by atoms with Gasteiger partial charge in [0.2, 0.25) is 0 Å². The molecule has 0 aliphatic rings. The molecule has 3 aromatic rings. The SMILES string of the molecule is FC(F)(F)Oc1cccc(-c2cc3cc(Br)ccc3[nH]2)c1. The van der Waals surface area contributed by atoms with Crippen LogP contribution in [0, 0.1) is 0 Å². The summed E-state index contributed by atoms with van der Waals surface area (Å²) in [6, 6.07) is 13.5. The molecular formula is C15H9BrF3NO. The number of halogens is 4. The molecule has 0 spiro atoms. The van der Waals surface area contributed by atoms with Crippen LogP contribution in [0.2, 0.25) is 0 Å². The Hall–Kier alpha value is -1.95. The molecule has 0 radical (unpaired) electrons. The minimum absolute atomic E-state index is 0.236. The smallest absolute Gasteiger partial charge is 0.406 e. The van der Waals surface area contributed by atoms with E-state index in [-0.39, 0.29) is 5.75 Å². The Morgan fingerprint density at radius 3 is 2.57 bits per heavy atom. The topological polar surface area (TPSA) is 25.0 Å². The molecule has 0 saturated carbocycles. The highest BCUT2D eigenvalue weighted by Gasteiger charge is 2.31. The van der Waals surface area contributed by atoms with Crippen molar-refractivity contribution in [2.24, 2.45) is 0 Å². The molecule has 1 aromatic heterocycles. The van der Waals surface area contributed by atoms with E-state index in [9.17, 15) is 13.2 Å². The number of hydrogen-bond donors (Lipinski definition) is 1. The maximum absolute atomic E-state index is 12.3. The molecule has 0 atom stereocenters. The van der Waals surface area contributed by atoms with Gasteiger partial charge in [0.05, 0.1) is 0 Å². The number of nitrogens with one attached hydrogen (secondary N) is 1. The van der Waals surface area contributed by atoms with Crippen molar-refractivity contribution in [1.29, 1.82) is 0 Å². The number of rotatable bonds is 2. The van der Waals surface area contributed by atoms with Gasteiger partial charge < -0.3 is 9.72 Å². The Kier molecular flexibility index (Phi) is 3.41. The molecule has 0 amide bonds. The predicted molar refractivity (Wildman–Crippen MR) is 78.1 cm³/mol. The van der Waals surface area contributed by atoms with Crippen molar-refractivity contribution >= 4 is 26.8 Å². The summed E-state index contributed by atoms with van der Waals surface area (Å²) in [6.07, 6.45) is -4.69. The Morgan fingerprint density at radius 2 is 1.81 bits per heavy atom. The van der Waals surface area contributed by atoms with Gasteiger partial charge >= 0.3 is 6.36 Å². The van der Waals surface area contributed by atoms with Gasteiger partial charge in [-0.25, -0.2) is 0 Å². The average Bonchev–Trinajstić information content (AvgIpc) is 2.80. The van der Waals surface area contributed by atoms with Crippen LogP contribution in [-0.2, 0) is 0 Å². The van der Waals surface area contributed by atoms with Gasteiger partial charge in [-0.3, -0.25) is 0 Å². The van der Waals surface area contributed by atoms with E-state index in [1.54, 1.807) is 6.07 Å². The van der Waals surface area contributed by atoms with E-state index < -0.39 is 6.36 Å². The molecule has 21 heavy (non-hydrogen) atoms. The van der Waals surface area contributed by atoms with Crippen LogP contribution in [0.1, 0.15) is 0 Å². The molecule has 0 unspecified atom stereocenters. The number of fused-ring (bicyclic) bond motifs is 1. The Morgan fingerprint density at radius 1 is 1.00 bits per heavy atom. The second-order valence-corrected chi connectivity index (χ2v) is 5.41. The fourth-order valence-corrected chi connectivity index (χ4v) is 2.50. The van der Waals surface area contributed by atoms with Crippen molar-refractivity contribution in [3.63, 3.8) is 0 Å². The molecule has 1 heterocycles. The van der Waals surface area contributed by atoms with E-state index in [4.69, 9.17) is 0 Å². The first-order chi connectivity index (χ1) is 9.90. The molecule has 3 rings (SSSR count). The second-order valence-electron chi connectivity index (χ2n) is 4.49. The highest BCUT2D eigenvalue weighted by atomic mass is 79.9. The van der Waals surface area contributed by atoms with Crippen molar-refractivity contribution in [2.75, 3.05) is 0 Å². The number of aromatic nitrogens is 1. The Balaban J connectivity index is 2.00. The molecule has 0 bridgehead atoms. The summed E-state index contributed by atoms with van der Waals surface area (Å²) >= 11 is 3.38. The second kappa shape index (κ2) is 5.11. The van der Waals surface area contributed by atoms with Crippen LogP contribution < -0.4 is 4.74 Å². The van der Waals surface area contributed by atoms with Crippen molar-refractivity contribution in [1.82, 2.24) is 4.98 Å². The normalized spacial score (nSPS) is 11.8. The largest absolute Gasteiger partial charge is 0.573 e. The van der Waals surface area contributed by atoms with Crippen LogP contribution >= 0.6 is 15.9 Å². The summed E-state index contributed by atoms with van der Waals surface area (Å²) in [5.41, 5.74) is 2.27. The van der Waals surface area contributed by atoms with Gasteiger partial charge in [-0.2, -0.15) is 0 Å². The Labute approximate surface area is 126 Å². The lowest BCUT2D eigenvalue weighted by Crippen LogP contribution is -2.17. The molecule has 1 N–H and O–H groups in total. The van der Waals surface area contributed by atoms with E-state index in [0.29, 0.717) is 5.56 Å². The Bertz CT molecular complexity index is 795. The molecule has 0 saturated heterocycles. The van der Waals surface area contributed by atoms with Gasteiger partial charge in [-0.05, 0) is 36.4 Å². The lowest BCUT2D eigenvalue weighted by molar-refractivity contribution is -0.274. The number of benzene rings is 2. The fourth-order valence-electron chi connectivity index (χ4n) is 2.12. The van der Waals surface area contributed by atoms with Crippen LogP contribution in [0.3, 0.4) is 0 Å². The van der Waals surface area contributed by atoms with Gasteiger partial charge in [-0.15, -0.1) is 13.2 Å². The predicted octanol–water partition coefficient (Wildman–Crippen LogP) is 5.50. The molecule has 0 aliphatic heterocycles. The van der Waals surface area contributed by atoms with E-state index in [2.05, 4.69) is 25.7 Å². The first-order valence-electron chi connectivity index (χ1n) is 6.05. The molecule has 0 fully saturated rings. The van der Waals surface area contributed by atoms with Crippen molar-refractivity contribution in [2.45, 2.75) is 6.36 Å². The molecule has 2 aromatic carbocycles. The quantitative estimate of drug-likeness (QED) is 0.645. The maximum atomic E-state index is 12.3. The van der Waals surface area contributed by atoms with Gasteiger partial charge in [0, 0.05) is 26.6 Å². The van der Waals surface area contributed by atoms with E-state index in [0.717, 1.165) is 21.1 Å². The summed E-state index contributed by atoms with van der Waals surface area (Å²) < 4.78 is 41.6. The third kappa shape index (κ3) is 3.21. The van der Waals surface area contributed by atoms with Crippen LogP contribution in [0.15, 0.2) is 53.0 Å². The average molecular weight is 356 g/mol. The van der Waals surface area contributed by atoms with Crippen molar-refractivity contribution < 1.29 is 17.9 Å². The molecule has 108 valence electrons. The van der Waals surface area contributed by atoms with Crippen LogP contribution in [-0.4, -0.2) is 11.3 Å². The highest BCUT2D eigenvalue weighted by molar-refractivity contribution is 9.10. The summed E-state index contributed by atoms with van der Waals surface area (Å²) in [6.45, 7) is 0. The van der Waals surface area contributed by atoms with Gasteiger partial charge in [0.15, 0.2) is 0 Å². The van der Waals surface area contributed by atoms with Crippen LogP contribution in [0.25, 0.3) is 22.2 Å². The fraction of sp³-hybridized carbons (Fsp3) is 0.0667. The lowest BCUT2D eigenvalue weighted by Gasteiger charge is -2.09. The summed E-state index contributed by atoms with van der Waals surface area (Å²) in [5.74, 6) is -0.236. The zero-order valence-corrected chi connectivity index (χ0v) is 12.1. The zero-order valence-electron chi connectivity index (χ0n) is 10.5. The molecular weight excluding hydrogens is 347 g/mol. The minimum atomic E-state index is -4.69. The van der Waals surface area contributed by atoms with Gasteiger partial charge in [0.25, 0.3) is 0 Å². The lowest BCUT2D eigenvalue weighted by atomic mass is 10.1. The zero-order chi connectivity index (χ0) is 15.0. The summed E-state index contributed by atoms with van der Waals surface area (Å²) in [5, 5.41) is 0.974. The number of aromatic amines is 1. The standard InChI is InChI=1S/C15H9BrF3NO/c16-11-4-5-13-10(6-11)8-14(20-13)9-2-1-3-12(7-9)21-15(17,18)19/h1-8,20H. The van der Waals surface area contributed by atoms with Crippen LogP contribution in [0.5, 0.6) is 5.75 Å². The van der Waals surface area contributed by atoms with Gasteiger partial charge in [-0.1, -0.05) is 28.1 Å². The third-order valence-corrected chi connectivity index (χ3v) is 3.45. The van der Waals surface area contributed by atoms with Crippen LogP contribution in [0.4, 0.5) is 13.2 Å². The maximum Gasteiger partial charge on any atom is 0.573 e. The summed E-state index contributed by atoms with van der Waals surface area (Å²) in [7, 11) is 0. The summed E-state index contributed by atoms with van der Waals surface area (Å²) in [4.78, 5) is 3.17. The van der Waals surface area contributed by atoms with E-state index in [1.165, 1.54) is 18.2 Å². The molecule has 2 nitrogen and oxygen atoms in total. The number of ether oxygens (including phenoxy) is 1. The molecule has 6 heteroatoms. The van der Waals surface area contributed by atoms with Gasteiger partial charge in [0.1, 0.15) is 5.75 Å². The first-order valence-corrected chi connectivity index (χ1v) is 6.84. The highest BCUT2D eigenvalue weighted by Crippen LogP contribution is 2.30. The first kappa shape index (κ1) is 14.0. The van der Waals surface area contributed by atoms with Crippen molar-refractivity contribution in [3.05, 3.63) is 53.0 Å². The number of alkyl halides is 3. The number of hydrogen-bond acceptors (Lipinski definition) is 1. The minimum Gasteiger partial charge on any atom is -0.406 e. The third-order valence-electron chi connectivity index (χ3n) is 2.96. The molecule has 0 aliphatic carbocycles.